The summed E-state index contributed by atoms with van der Waals surface area (Å²) in [6.07, 6.45) is 6.66. The van der Waals surface area contributed by atoms with Crippen molar-refractivity contribution in [2.45, 2.75) is 50.8 Å². The molecule has 1 aromatic rings. The molecule has 106 valence electrons. The summed E-state index contributed by atoms with van der Waals surface area (Å²) in [5.74, 6) is 0.933. The molecule has 0 bridgehead atoms. The fourth-order valence-corrected chi connectivity index (χ4v) is 4.74. The van der Waals surface area contributed by atoms with Crippen molar-refractivity contribution in [2.75, 3.05) is 6.61 Å². The predicted octanol–water partition coefficient (Wildman–Crippen LogP) is 6.25. The van der Waals surface area contributed by atoms with Gasteiger partial charge >= 0.3 is 0 Å². The molecule has 1 aromatic carbocycles. The second-order valence-electron chi connectivity index (χ2n) is 5.41. The van der Waals surface area contributed by atoms with Crippen LogP contribution >= 0.6 is 31.9 Å². The van der Waals surface area contributed by atoms with Crippen molar-refractivity contribution in [3.8, 4) is 5.75 Å². The Hall–Kier alpha value is -0.0200. The maximum atomic E-state index is 5.59. The number of halogens is 2. The number of alkyl halides is 1. The summed E-state index contributed by atoms with van der Waals surface area (Å²) in [6, 6.07) is 6.49. The molecule has 1 nitrogen and oxygen atoms in total. The lowest BCUT2D eigenvalue weighted by Gasteiger charge is -2.33. The first kappa shape index (κ1) is 15.4. The fourth-order valence-electron chi connectivity index (χ4n) is 3.17. The van der Waals surface area contributed by atoms with E-state index in [0.29, 0.717) is 16.8 Å². The van der Waals surface area contributed by atoms with E-state index in [1.54, 1.807) is 0 Å². The molecule has 1 aliphatic rings. The van der Waals surface area contributed by atoms with Crippen LogP contribution in [0.1, 0.15) is 56.3 Å². The lowest BCUT2D eigenvalue weighted by Crippen LogP contribution is -2.21. The van der Waals surface area contributed by atoms with Gasteiger partial charge in [-0.2, -0.15) is 0 Å². The molecule has 1 unspecified atom stereocenters. The molecule has 0 N–H and O–H groups in total. The van der Waals surface area contributed by atoms with Crippen LogP contribution in [0.15, 0.2) is 22.7 Å². The normalized spacial score (nSPS) is 19.4. The lowest BCUT2D eigenvalue weighted by atomic mass is 9.77. The third-order valence-electron chi connectivity index (χ3n) is 4.39. The summed E-state index contributed by atoms with van der Waals surface area (Å²) in [7, 11) is 0. The average Bonchev–Trinajstić information content (AvgIpc) is 2.90. The highest BCUT2D eigenvalue weighted by Crippen LogP contribution is 2.54. The van der Waals surface area contributed by atoms with Gasteiger partial charge in [-0.15, -0.1) is 0 Å². The smallest absolute Gasteiger partial charge is 0.133 e. The Bertz CT molecular complexity index is 425. The number of hydrogen-bond acceptors (Lipinski definition) is 1. The number of ether oxygens (including phenoxy) is 1. The molecule has 3 heteroatoms. The largest absolute Gasteiger partial charge is 0.493 e. The van der Waals surface area contributed by atoms with E-state index in [2.05, 4.69) is 57.0 Å². The first-order valence-electron chi connectivity index (χ1n) is 7.19. The van der Waals surface area contributed by atoms with Gasteiger partial charge in [0.05, 0.1) is 11.1 Å². The van der Waals surface area contributed by atoms with Crippen molar-refractivity contribution in [2.24, 2.45) is 5.41 Å². The molecule has 1 aliphatic carbocycles. The van der Waals surface area contributed by atoms with Crippen molar-refractivity contribution in [3.63, 3.8) is 0 Å². The number of benzene rings is 1. The van der Waals surface area contributed by atoms with E-state index in [4.69, 9.17) is 4.74 Å². The third-order valence-corrected chi connectivity index (χ3v) is 6.51. The Balaban J connectivity index is 2.23. The Morgan fingerprint density at radius 2 is 1.95 bits per heavy atom. The quantitative estimate of drug-likeness (QED) is 0.540. The van der Waals surface area contributed by atoms with Crippen LogP contribution in [-0.2, 0) is 0 Å². The van der Waals surface area contributed by atoms with Crippen LogP contribution in [0.25, 0.3) is 0 Å². The summed E-state index contributed by atoms with van der Waals surface area (Å²) in [5.41, 5.74) is 1.80. The SMILES string of the molecule is CCOc1ccc(C(Br)C2(CC)CCCC2)cc1Br. The minimum Gasteiger partial charge on any atom is -0.493 e. The lowest BCUT2D eigenvalue weighted by molar-refractivity contribution is 0.279. The van der Waals surface area contributed by atoms with E-state index in [-0.39, 0.29) is 0 Å². The molecule has 0 heterocycles. The molecule has 1 fully saturated rings. The average molecular weight is 390 g/mol. The van der Waals surface area contributed by atoms with E-state index in [1.807, 2.05) is 6.92 Å². The number of rotatable bonds is 5. The highest BCUT2D eigenvalue weighted by Gasteiger charge is 2.39. The zero-order valence-corrected chi connectivity index (χ0v) is 14.9. The molecule has 0 aliphatic heterocycles. The summed E-state index contributed by atoms with van der Waals surface area (Å²) in [4.78, 5) is 0.444. The van der Waals surface area contributed by atoms with Gasteiger partial charge in [-0.05, 0) is 65.2 Å². The van der Waals surface area contributed by atoms with Gasteiger partial charge in [0.15, 0.2) is 0 Å². The first-order valence-corrected chi connectivity index (χ1v) is 8.90. The van der Waals surface area contributed by atoms with Crippen LogP contribution in [0.5, 0.6) is 5.75 Å². The van der Waals surface area contributed by atoms with Crippen molar-refractivity contribution in [1.29, 1.82) is 0 Å². The predicted molar refractivity (Wildman–Crippen MR) is 88.2 cm³/mol. The Morgan fingerprint density at radius 3 is 2.47 bits per heavy atom. The van der Waals surface area contributed by atoms with Crippen LogP contribution in [0, 0.1) is 5.41 Å². The Labute approximate surface area is 133 Å². The molecule has 0 saturated heterocycles. The highest BCUT2D eigenvalue weighted by molar-refractivity contribution is 9.10. The van der Waals surface area contributed by atoms with Crippen LogP contribution in [-0.4, -0.2) is 6.61 Å². The molecule has 1 atom stereocenters. The maximum Gasteiger partial charge on any atom is 0.133 e. The van der Waals surface area contributed by atoms with E-state index in [1.165, 1.54) is 37.7 Å². The van der Waals surface area contributed by atoms with Gasteiger partial charge in [-0.1, -0.05) is 41.8 Å². The second-order valence-corrected chi connectivity index (χ2v) is 7.18. The Morgan fingerprint density at radius 1 is 1.26 bits per heavy atom. The van der Waals surface area contributed by atoms with Crippen LogP contribution in [0.3, 0.4) is 0 Å². The van der Waals surface area contributed by atoms with E-state index >= 15 is 0 Å². The van der Waals surface area contributed by atoms with Crippen molar-refractivity contribution < 1.29 is 4.74 Å². The van der Waals surface area contributed by atoms with Crippen LogP contribution in [0.2, 0.25) is 0 Å². The molecule has 2 rings (SSSR count). The fraction of sp³-hybridized carbons (Fsp3) is 0.625. The van der Waals surface area contributed by atoms with Gasteiger partial charge in [-0.3, -0.25) is 0 Å². The molecular formula is C16H22Br2O. The molecule has 1 saturated carbocycles. The summed E-state index contributed by atoms with van der Waals surface area (Å²) >= 11 is 7.58. The molecule has 19 heavy (non-hydrogen) atoms. The topological polar surface area (TPSA) is 9.23 Å². The Kier molecular flexibility index (Phi) is 5.36. The van der Waals surface area contributed by atoms with Gasteiger partial charge in [-0.25, -0.2) is 0 Å². The van der Waals surface area contributed by atoms with E-state index in [0.717, 1.165) is 10.2 Å². The van der Waals surface area contributed by atoms with Crippen LogP contribution < -0.4 is 4.74 Å². The van der Waals surface area contributed by atoms with E-state index < -0.39 is 0 Å². The van der Waals surface area contributed by atoms with Crippen LogP contribution in [0.4, 0.5) is 0 Å². The van der Waals surface area contributed by atoms with Gasteiger partial charge in [0, 0.05) is 4.83 Å². The molecular weight excluding hydrogens is 368 g/mol. The van der Waals surface area contributed by atoms with Gasteiger partial charge < -0.3 is 4.74 Å². The molecule has 0 spiro atoms. The monoisotopic (exact) mass is 388 g/mol. The minimum absolute atomic E-state index is 0.437. The van der Waals surface area contributed by atoms with Crippen molar-refractivity contribution >= 4 is 31.9 Å². The zero-order chi connectivity index (χ0) is 13.9. The molecule has 0 amide bonds. The summed E-state index contributed by atoms with van der Waals surface area (Å²) in [5, 5.41) is 0. The standard InChI is InChI=1S/C16H22Br2O/c1-3-16(9-5-6-10-16)15(18)12-7-8-14(19-4-2)13(17)11-12/h7-8,11,15H,3-6,9-10H2,1-2H3. The minimum atomic E-state index is 0.437. The van der Waals surface area contributed by atoms with Gasteiger partial charge in [0.2, 0.25) is 0 Å². The molecule has 0 radical (unpaired) electrons. The summed E-state index contributed by atoms with van der Waals surface area (Å²) in [6.45, 7) is 5.04. The summed E-state index contributed by atoms with van der Waals surface area (Å²) < 4.78 is 6.64. The maximum absolute atomic E-state index is 5.59. The zero-order valence-electron chi connectivity index (χ0n) is 11.7. The van der Waals surface area contributed by atoms with Crippen molar-refractivity contribution in [1.82, 2.24) is 0 Å². The number of hydrogen-bond donors (Lipinski definition) is 0. The second kappa shape index (κ2) is 6.62. The highest BCUT2D eigenvalue weighted by atomic mass is 79.9. The van der Waals surface area contributed by atoms with Gasteiger partial charge in [0.1, 0.15) is 5.75 Å². The third kappa shape index (κ3) is 3.18. The van der Waals surface area contributed by atoms with Crippen molar-refractivity contribution in [3.05, 3.63) is 28.2 Å². The van der Waals surface area contributed by atoms with E-state index in [9.17, 15) is 0 Å². The molecule has 0 aromatic heterocycles. The first-order chi connectivity index (χ1) is 9.13. The van der Waals surface area contributed by atoms with Gasteiger partial charge in [0.25, 0.3) is 0 Å².